The molecule has 21 heavy (non-hydrogen) atoms. The van der Waals surface area contributed by atoms with Gasteiger partial charge in [-0.05, 0) is 37.1 Å². The zero-order valence-electron chi connectivity index (χ0n) is 12.1. The van der Waals surface area contributed by atoms with E-state index in [1.807, 2.05) is 18.3 Å². The Bertz CT molecular complexity index is 687. The number of aromatic nitrogens is 4. The molecule has 1 unspecified atom stereocenters. The molecule has 0 fully saturated rings. The van der Waals surface area contributed by atoms with Crippen LogP contribution in [0, 0.1) is 0 Å². The van der Waals surface area contributed by atoms with Crippen LogP contribution < -0.4 is 5.32 Å². The molecular weight excluding hydrogens is 262 g/mol. The summed E-state index contributed by atoms with van der Waals surface area (Å²) in [6.45, 7) is 3.12. The van der Waals surface area contributed by atoms with E-state index in [1.165, 1.54) is 10.9 Å². The molecule has 3 rings (SSSR count). The zero-order valence-corrected chi connectivity index (χ0v) is 12.1. The highest BCUT2D eigenvalue weighted by Gasteiger charge is 2.15. The van der Waals surface area contributed by atoms with E-state index in [9.17, 15) is 0 Å². The second-order valence-corrected chi connectivity index (χ2v) is 5.09. The summed E-state index contributed by atoms with van der Waals surface area (Å²) < 4.78 is 0. The van der Waals surface area contributed by atoms with Gasteiger partial charge in [0.1, 0.15) is 0 Å². The summed E-state index contributed by atoms with van der Waals surface area (Å²) in [7, 11) is 0. The Morgan fingerprint density at radius 1 is 1.24 bits per heavy atom. The monoisotopic (exact) mass is 281 g/mol. The molecule has 5 nitrogen and oxygen atoms in total. The second kappa shape index (κ2) is 6.45. The standard InChI is InChI=1S/C16H19N5/c1-2-8-17-15(16-11-19-21-20-16)10-12-7-9-18-14-6-4-3-5-13(12)14/h3-7,9,11,15,17H,2,8,10H2,1H3,(H,19,20,21). The summed E-state index contributed by atoms with van der Waals surface area (Å²) in [5, 5.41) is 15.6. The SMILES string of the molecule is CCCNC(Cc1ccnc2ccccc12)c1cn[nH]n1. The number of para-hydroxylation sites is 1. The fraction of sp³-hybridized carbons (Fsp3) is 0.312. The summed E-state index contributed by atoms with van der Waals surface area (Å²) in [4.78, 5) is 4.42. The first-order valence-electron chi connectivity index (χ1n) is 7.30. The van der Waals surface area contributed by atoms with Crippen molar-refractivity contribution in [1.29, 1.82) is 0 Å². The first-order chi connectivity index (χ1) is 10.4. The van der Waals surface area contributed by atoms with Gasteiger partial charge in [-0.15, -0.1) is 0 Å². The van der Waals surface area contributed by atoms with Gasteiger partial charge in [-0.25, -0.2) is 0 Å². The van der Waals surface area contributed by atoms with Crippen LogP contribution in [-0.4, -0.2) is 26.9 Å². The van der Waals surface area contributed by atoms with Crippen LogP contribution in [0.3, 0.4) is 0 Å². The fourth-order valence-corrected chi connectivity index (χ4v) is 2.53. The first-order valence-corrected chi connectivity index (χ1v) is 7.30. The van der Waals surface area contributed by atoms with E-state index in [-0.39, 0.29) is 6.04 Å². The number of pyridine rings is 1. The highest BCUT2D eigenvalue weighted by molar-refractivity contribution is 5.81. The molecule has 0 spiro atoms. The van der Waals surface area contributed by atoms with E-state index in [0.29, 0.717) is 0 Å². The summed E-state index contributed by atoms with van der Waals surface area (Å²) in [5.74, 6) is 0. The van der Waals surface area contributed by atoms with Gasteiger partial charge in [0.25, 0.3) is 0 Å². The van der Waals surface area contributed by atoms with E-state index in [1.54, 1.807) is 6.20 Å². The van der Waals surface area contributed by atoms with Crippen molar-refractivity contribution < 1.29 is 0 Å². The van der Waals surface area contributed by atoms with E-state index in [4.69, 9.17) is 0 Å². The molecule has 2 heterocycles. The molecule has 1 aromatic carbocycles. The number of hydrogen-bond acceptors (Lipinski definition) is 4. The van der Waals surface area contributed by atoms with Crippen molar-refractivity contribution in [3.05, 3.63) is 54.0 Å². The predicted molar refractivity (Wildman–Crippen MR) is 82.9 cm³/mol. The summed E-state index contributed by atoms with van der Waals surface area (Å²) in [6, 6.07) is 10.5. The maximum atomic E-state index is 4.42. The molecule has 0 aliphatic heterocycles. The van der Waals surface area contributed by atoms with Gasteiger partial charge in [0, 0.05) is 11.6 Å². The summed E-state index contributed by atoms with van der Waals surface area (Å²) in [6.07, 6.45) is 5.62. The second-order valence-electron chi connectivity index (χ2n) is 5.09. The Labute approximate surface area is 123 Å². The topological polar surface area (TPSA) is 66.5 Å². The quantitative estimate of drug-likeness (QED) is 0.729. The van der Waals surface area contributed by atoms with Crippen LogP contribution in [0.5, 0.6) is 0 Å². The number of aromatic amines is 1. The van der Waals surface area contributed by atoms with Gasteiger partial charge in [-0.2, -0.15) is 15.4 Å². The lowest BCUT2D eigenvalue weighted by molar-refractivity contribution is 0.518. The lowest BCUT2D eigenvalue weighted by Gasteiger charge is -2.17. The van der Waals surface area contributed by atoms with Crippen molar-refractivity contribution in [2.75, 3.05) is 6.54 Å². The molecule has 5 heteroatoms. The number of benzene rings is 1. The minimum absolute atomic E-state index is 0.162. The molecule has 0 aliphatic carbocycles. The molecule has 0 amide bonds. The number of rotatable bonds is 6. The average Bonchev–Trinajstić information content (AvgIpc) is 3.06. The van der Waals surface area contributed by atoms with Crippen molar-refractivity contribution in [2.24, 2.45) is 0 Å². The fourth-order valence-electron chi connectivity index (χ4n) is 2.53. The smallest absolute Gasteiger partial charge is 0.0997 e. The largest absolute Gasteiger partial charge is 0.308 e. The lowest BCUT2D eigenvalue weighted by atomic mass is 10.00. The molecule has 108 valence electrons. The highest BCUT2D eigenvalue weighted by atomic mass is 15.3. The van der Waals surface area contributed by atoms with Crippen molar-refractivity contribution >= 4 is 10.9 Å². The third-order valence-electron chi connectivity index (χ3n) is 3.59. The van der Waals surface area contributed by atoms with Crippen LogP contribution in [0.2, 0.25) is 0 Å². The predicted octanol–water partition coefficient (Wildman–Crippen LogP) is 2.64. The van der Waals surface area contributed by atoms with Crippen LogP contribution in [-0.2, 0) is 6.42 Å². The first kappa shape index (κ1) is 13.7. The summed E-state index contributed by atoms with van der Waals surface area (Å²) >= 11 is 0. The van der Waals surface area contributed by atoms with E-state index < -0.39 is 0 Å². The van der Waals surface area contributed by atoms with Crippen LogP contribution in [0.25, 0.3) is 10.9 Å². The molecule has 0 saturated carbocycles. The Hall–Kier alpha value is -2.27. The average molecular weight is 281 g/mol. The minimum Gasteiger partial charge on any atom is -0.308 e. The third kappa shape index (κ3) is 3.08. The van der Waals surface area contributed by atoms with Gasteiger partial charge in [0.05, 0.1) is 23.4 Å². The lowest BCUT2D eigenvalue weighted by Crippen LogP contribution is -2.24. The van der Waals surface area contributed by atoms with Crippen molar-refractivity contribution in [1.82, 2.24) is 25.7 Å². The molecule has 0 saturated heterocycles. The van der Waals surface area contributed by atoms with E-state index in [2.05, 4.69) is 50.8 Å². The van der Waals surface area contributed by atoms with Gasteiger partial charge < -0.3 is 5.32 Å². The molecule has 0 radical (unpaired) electrons. The van der Waals surface area contributed by atoms with Crippen LogP contribution >= 0.6 is 0 Å². The minimum atomic E-state index is 0.162. The number of fused-ring (bicyclic) bond motifs is 1. The van der Waals surface area contributed by atoms with Gasteiger partial charge in [-0.1, -0.05) is 25.1 Å². The zero-order chi connectivity index (χ0) is 14.5. The van der Waals surface area contributed by atoms with Gasteiger partial charge in [0.2, 0.25) is 0 Å². The maximum absolute atomic E-state index is 4.42. The van der Waals surface area contributed by atoms with Gasteiger partial charge in [-0.3, -0.25) is 4.98 Å². The van der Waals surface area contributed by atoms with E-state index in [0.717, 1.165) is 30.6 Å². The van der Waals surface area contributed by atoms with Gasteiger partial charge >= 0.3 is 0 Å². The Balaban J connectivity index is 1.90. The van der Waals surface area contributed by atoms with Gasteiger partial charge in [0.15, 0.2) is 0 Å². The number of hydrogen-bond donors (Lipinski definition) is 2. The summed E-state index contributed by atoms with van der Waals surface area (Å²) in [5.41, 5.74) is 3.26. The van der Waals surface area contributed by atoms with Crippen molar-refractivity contribution in [3.63, 3.8) is 0 Å². The molecule has 2 N–H and O–H groups in total. The number of H-pyrrole nitrogens is 1. The van der Waals surface area contributed by atoms with Crippen molar-refractivity contribution in [3.8, 4) is 0 Å². The maximum Gasteiger partial charge on any atom is 0.0997 e. The van der Waals surface area contributed by atoms with Crippen molar-refractivity contribution in [2.45, 2.75) is 25.8 Å². The normalized spacial score (nSPS) is 12.6. The molecular formula is C16H19N5. The molecule has 3 aromatic rings. The van der Waals surface area contributed by atoms with Crippen LogP contribution in [0.1, 0.15) is 30.6 Å². The highest BCUT2D eigenvalue weighted by Crippen LogP contribution is 2.22. The van der Waals surface area contributed by atoms with Crippen LogP contribution in [0.4, 0.5) is 0 Å². The molecule has 0 aliphatic rings. The third-order valence-corrected chi connectivity index (χ3v) is 3.59. The Morgan fingerprint density at radius 2 is 2.14 bits per heavy atom. The van der Waals surface area contributed by atoms with E-state index >= 15 is 0 Å². The Kier molecular flexibility index (Phi) is 4.21. The molecule has 2 aromatic heterocycles. The number of nitrogens with zero attached hydrogens (tertiary/aromatic N) is 3. The van der Waals surface area contributed by atoms with Crippen LogP contribution in [0.15, 0.2) is 42.7 Å². The Morgan fingerprint density at radius 3 is 2.95 bits per heavy atom. The number of nitrogens with one attached hydrogen (secondary N) is 2. The molecule has 0 bridgehead atoms. The molecule has 1 atom stereocenters.